The molecule has 3 rings (SSSR count). The van der Waals surface area contributed by atoms with Crippen LogP contribution in [0.2, 0.25) is 0 Å². The first-order valence-corrected chi connectivity index (χ1v) is 9.16. The number of thioether (sulfide) groups is 1. The summed E-state index contributed by atoms with van der Waals surface area (Å²) in [6.45, 7) is 3.26. The molecule has 3 fully saturated rings. The molecule has 3 aliphatic rings. The average Bonchev–Trinajstić information content (AvgIpc) is 3.00. The van der Waals surface area contributed by atoms with Crippen LogP contribution in [-0.2, 0) is 9.53 Å². The van der Waals surface area contributed by atoms with Gasteiger partial charge in [-0.2, -0.15) is 11.8 Å². The summed E-state index contributed by atoms with van der Waals surface area (Å²) in [6.07, 6.45) is 6.82. The summed E-state index contributed by atoms with van der Waals surface area (Å²) in [5.74, 6) is 2.72. The van der Waals surface area contributed by atoms with Gasteiger partial charge in [0.1, 0.15) is 0 Å². The predicted molar refractivity (Wildman–Crippen MR) is 82.1 cm³/mol. The van der Waals surface area contributed by atoms with E-state index in [1.807, 2.05) is 16.7 Å². The third-order valence-corrected chi connectivity index (χ3v) is 5.88. The zero-order chi connectivity index (χ0) is 13.8. The Balaban J connectivity index is 1.46. The van der Waals surface area contributed by atoms with E-state index in [1.54, 1.807) is 0 Å². The molecule has 0 aromatic rings. The molecule has 1 spiro atoms. The molecule has 3 heterocycles. The second kappa shape index (κ2) is 6.67. The Morgan fingerprint density at radius 3 is 2.80 bits per heavy atom. The number of nitrogens with one attached hydrogen (secondary N) is 1. The van der Waals surface area contributed by atoms with Crippen molar-refractivity contribution in [2.75, 3.05) is 37.7 Å². The fraction of sp³-hybridized carbons (Fsp3) is 0.933. The number of likely N-dealkylation sites (tertiary alicyclic amines) is 1. The van der Waals surface area contributed by atoms with Gasteiger partial charge in [-0.1, -0.05) is 0 Å². The van der Waals surface area contributed by atoms with Crippen LogP contribution in [0.1, 0.15) is 38.5 Å². The molecule has 3 aliphatic heterocycles. The van der Waals surface area contributed by atoms with E-state index in [-0.39, 0.29) is 11.5 Å². The van der Waals surface area contributed by atoms with Crippen LogP contribution in [0.25, 0.3) is 0 Å². The average molecular weight is 298 g/mol. The first kappa shape index (κ1) is 14.7. The van der Waals surface area contributed by atoms with Crippen molar-refractivity contribution in [3.8, 4) is 0 Å². The molecule has 1 N–H and O–H groups in total. The highest BCUT2D eigenvalue weighted by Gasteiger charge is 2.38. The molecule has 0 aromatic carbocycles. The molecule has 1 atom stereocenters. The minimum Gasteiger partial charge on any atom is -0.375 e. The van der Waals surface area contributed by atoms with Crippen LogP contribution in [0.4, 0.5) is 0 Å². The van der Waals surface area contributed by atoms with Gasteiger partial charge in [-0.25, -0.2) is 0 Å². The zero-order valence-electron chi connectivity index (χ0n) is 12.2. The van der Waals surface area contributed by atoms with E-state index in [0.29, 0.717) is 12.6 Å². The quantitative estimate of drug-likeness (QED) is 0.860. The molecule has 0 aliphatic carbocycles. The number of nitrogens with zero attached hydrogens (tertiary/aromatic N) is 1. The molecule has 0 radical (unpaired) electrons. The molecule has 0 aromatic heterocycles. The van der Waals surface area contributed by atoms with Gasteiger partial charge in [-0.05, 0) is 50.0 Å². The van der Waals surface area contributed by atoms with Crippen molar-refractivity contribution in [3.05, 3.63) is 0 Å². The van der Waals surface area contributed by atoms with Gasteiger partial charge in [0.05, 0.1) is 12.1 Å². The summed E-state index contributed by atoms with van der Waals surface area (Å²) in [6, 6.07) is 0.457. The van der Waals surface area contributed by atoms with Gasteiger partial charge in [-0.15, -0.1) is 0 Å². The molecular weight excluding hydrogens is 272 g/mol. The molecule has 0 bridgehead atoms. The number of carbonyl (C=O) groups is 1. The largest absolute Gasteiger partial charge is 0.375 e. The first-order chi connectivity index (χ1) is 9.77. The number of ether oxygens (including phenoxy) is 1. The molecule has 3 saturated heterocycles. The Kier molecular flexibility index (Phi) is 4.89. The third kappa shape index (κ3) is 3.49. The van der Waals surface area contributed by atoms with E-state index in [4.69, 9.17) is 4.74 Å². The molecule has 0 saturated carbocycles. The smallest absolute Gasteiger partial charge is 0.236 e. The maximum Gasteiger partial charge on any atom is 0.236 e. The number of rotatable bonds is 3. The standard InChI is InChI=1S/C15H26N2O2S/c18-14(17-6-1-2-7-17)12-16-13-3-8-19-15(11-13)4-9-20-10-5-15/h13,16H,1-12H2. The molecular formula is C15H26N2O2S. The van der Waals surface area contributed by atoms with Crippen molar-refractivity contribution in [1.29, 1.82) is 0 Å². The summed E-state index contributed by atoms with van der Waals surface area (Å²) < 4.78 is 6.09. The number of hydrogen-bond acceptors (Lipinski definition) is 4. The maximum atomic E-state index is 12.1. The third-order valence-electron chi connectivity index (χ3n) is 4.90. The van der Waals surface area contributed by atoms with Crippen LogP contribution in [-0.4, -0.2) is 60.2 Å². The van der Waals surface area contributed by atoms with E-state index >= 15 is 0 Å². The molecule has 20 heavy (non-hydrogen) atoms. The highest BCUT2D eigenvalue weighted by Crippen LogP contribution is 2.37. The highest BCUT2D eigenvalue weighted by atomic mass is 32.2. The van der Waals surface area contributed by atoms with Crippen molar-refractivity contribution < 1.29 is 9.53 Å². The van der Waals surface area contributed by atoms with Crippen molar-refractivity contribution in [2.45, 2.75) is 50.2 Å². The number of amides is 1. The van der Waals surface area contributed by atoms with E-state index in [0.717, 1.165) is 32.5 Å². The number of carbonyl (C=O) groups excluding carboxylic acids is 1. The van der Waals surface area contributed by atoms with Crippen LogP contribution in [0.15, 0.2) is 0 Å². The first-order valence-electron chi connectivity index (χ1n) is 8.00. The van der Waals surface area contributed by atoms with Gasteiger partial charge < -0.3 is 15.0 Å². The molecule has 114 valence electrons. The van der Waals surface area contributed by atoms with Gasteiger partial charge in [-0.3, -0.25) is 4.79 Å². The lowest BCUT2D eigenvalue weighted by Gasteiger charge is -2.43. The normalized spacial score (nSPS) is 29.8. The van der Waals surface area contributed by atoms with Gasteiger partial charge in [0.2, 0.25) is 5.91 Å². The molecule has 4 nitrogen and oxygen atoms in total. The maximum absolute atomic E-state index is 12.1. The minimum atomic E-state index is 0.109. The lowest BCUT2D eigenvalue weighted by molar-refractivity contribution is -0.130. The topological polar surface area (TPSA) is 41.6 Å². The summed E-state index contributed by atoms with van der Waals surface area (Å²) in [7, 11) is 0. The van der Waals surface area contributed by atoms with E-state index in [1.165, 1.54) is 37.2 Å². The van der Waals surface area contributed by atoms with Crippen molar-refractivity contribution >= 4 is 17.7 Å². The van der Waals surface area contributed by atoms with Crippen LogP contribution in [0.5, 0.6) is 0 Å². The van der Waals surface area contributed by atoms with Crippen LogP contribution >= 0.6 is 11.8 Å². The highest BCUT2D eigenvalue weighted by molar-refractivity contribution is 7.99. The second-order valence-corrected chi connectivity index (χ2v) is 7.53. The Bertz CT molecular complexity index is 333. The summed E-state index contributed by atoms with van der Waals surface area (Å²) in [5, 5.41) is 3.49. The van der Waals surface area contributed by atoms with E-state index in [2.05, 4.69) is 5.32 Å². The monoisotopic (exact) mass is 298 g/mol. The predicted octanol–water partition coefficient (Wildman–Crippen LogP) is 1.64. The van der Waals surface area contributed by atoms with E-state index in [9.17, 15) is 4.79 Å². The minimum absolute atomic E-state index is 0.109. The Hall–Kier alpha value is -0.260. The van der Waals surface area contributed by atoms with Crippen LogP contribution in [0.3, 0.4) is 0 Å². The fourth-order valence-corrected chi connectivity index (χ4v) is 4.84. The summed E-state index contributed by atoms with van der Waals surface area (Å²) in [5.41, 5.74) is 0.109. The SMILES string of the molecule is O=C(CNC1CCOC2(CCSCC2)C1)N1CCCC1. The van der Waals surface area contributed by atoms with Gasteiger partial charge in [0, 0.05) is 25.7 Å². The fourth-order valence-electron chi connectivity index (χ4n) is 3.60. The lowest BCUT2D eigenvalue weighted by Crippen LogP contribution is -2.50. The molecule has 1 unspecified atom stereocenters. The molecule has 1 amide bonds. The molecule has 5 heteroatoms. The van der Waals surface area contributed by atoms with Crippen LogP contribution in [0, 0.1) is 0 Å². The van der Waals surface area contributed by atoms with Crippen molar-refractivity contribution in [1.82, 2.24) is 10.2 Å². The zero-order valence-corrected chi connectivity index (χ0v) is 13.1. The van der Waals surface area contributed by atoms with Crippen molar-refractivity contribution in [2.24, 2.45) is 0 Å². The summed E-state index contributed by atoms with van der Waals surface area (Å²) >= 11 is 2.04. The summed E-state index contributed by atoms with van der Waals surface area (Å²) in [4.78, 5) is 14.1. The van der Waals surface area contributed by atoms with Crippen LogP contribution < -0.4 is 5.32 Å². The Labute approximate surface area is 126 Å². The Morgan fingerprint density at radius 2 is 2.05 bits per heavy atom. The van der Waals surface area contributed by atoms with Gasteiger partial charge in [0.25, 0.3) is 0 Å². The van der Waals surface area contributed by atoms with E-state index < -0.39 is 0 Å². The van der Waals surface area contributed by atoms with Gasteiger partial charge in [0.15, 0.2) is 0 Å². The number of hydrogen-bond donors (Lipinski definition) is 1. The van der Waals surface area contributed by atoms with Gasteiger partial charge >= 0.3 is 0 Å². The van der Waals surface area contributed by atoms with Crippen molar-refractivity contribution in [3.63, 3.8) is 0 Å². The Morgan fingerprint density at radius 1 is 1.30 bits per heavy atom. The lowest BCUT2D eigenvalue weighted by atomic mass is 9.85. The second-order valence-electron chi connectivity index (χ2n) is 6.30.